The van der Waals surface area contributed by atoms with Crippen molar-refractivity contribution >= 4 is 5.69 Å². The minimum atomic E-state index is -0.524. The zero-order valence-electron chi connectivity index (χ0n) is 6.48. The summed E-state index contributed by atoms with van der Waals surface area (Å²) in [4.78, 5) is 13.3. The van der Waals surface area contributed by atoms with Gasteiger partial charge in [0.2, 0.25) is 0 Å². The predicted molar refractivity (Wildman–Crippen MR) is 40.9 cm³/mol. The Morgan fingerprint density at radius 1 is 1.83 bits per heavy atom. The molecule has 1 radical (unpaired) electrons. The van der Waals surface area contributed by atoms with E-state index in [9.17, 15) is 10.1 Å². The predicted octanol–water partition coefficient (Wildman–Crippen LogP) is 1.19. The fourth-order valence-corrected chi connectivity index (χ4v) is 0.695. The van der Waals surface area contributed by atoms with E-state index in [0.29, 0.717) is 12.4 Å². The maximum atomic E-state index is 10.3. The van der Waals surface area contributed by atoms with Gasteiger partial charge in [0.05, 0.1) is 17.6 Å². The number of nitrogens with zero attached hydrogens (tertiary/aromatic N) is 2. The summed E-state index contributed by atoms with van der Waals surface area (Å²) in [6, 6.07) is 1.29. The lowest BCUT2D eigenvalue weighted by molar-refractivity contribution is -0.385. The number of rotatable bonds is 3. The molecule has 0 aliphatic carbocycles. The Bertz CT molecular complexity index is 288. The average molecular weight is 167 g/mol. The van der Waals surface area contributed by atoms with Crippen LogP contribution in [0.2, 0.25) is 0 Å². The number of hydrogen-bond donors (Lipinski definition) is 0. The third kappa shape index (κ3) is 1.91. The molecule has 12 heavy (non-hydrogen) atoms. The van der Waals surface area contributed by atoms with Crippen LogP contribution in [0.15, 0.2) is 12.3 Å². The van der Waals surface area contributed by atoms with E-state index < -0.39 is 4.92 Å². The maximum absolute atomic E-state index is 10.3. The summed E-state index contributed by atoms with van der Waals surface area (Å²) < 4.78 is 4.97. The first kappa shape index (κ1) is 8.45. The topological polar surface area (TPSA) is 65.3 Å². The normalized spacial score (nSPS) is 9.42. The lowest BCUT2D eigenvalue weighted by atomic mass is 10.4. The number of nitro groups is 1. The molecule has 1 aromatic rings. The van der Waals surface area contributed by atoms with E-state index in [-0.39, 0.29) is 5.69 Å². The molecule has 0 aliphatic heterocycles. The van der Waals surface area contributed by atoms with Crippen molar-refractivity contribution in [1.82, 2.24) is 4.98 Å². The molecule has 1 heterocycles. The third-order valence-electron chi connectivity index (χ3n) is 1.16. The number of ether oxygens (including phenoxy) is 1. The van der Waals surface area contributed by atoms with Crippen LogP contribution in [0.5, 0.6) is 5.75 Å². The summed E-state index contributed by atoms with van der Waals surface area (Å²) in [5.74, 6) is 0.298. The molecule has 0 bridgehead atoms. The fraction of sp³-hybridized carbons (Fsp3) is 0.286. The monoisotopic (exact) mass is 167 g/mol. The molecule has 0 atom stereocenters. The summed E-state index contributed by atoms with van der Waals surface area (Å²) in [6.45, 7) is 2.23. The van der Waals surface area contributed by atoms with E-state index in [0.717, 1.165) is 6.20 Å². The molecule has 0 aliphatic rings. The Morgan fingerprint density at radius 2 is 2.58 bits per heavy atom. The minimum absolute atomic E-state index is 0.0859. The van der Waals surface area contributed by atoms with Crippen molar-refractivity contribution in [1.29, 1.82) is 0 Å². The second-order valence-corrected chi connectivity index (χ2v) is 1.99. The highest BCUT2D eigenvalue weighted by atomic mass is 16.6. The first-order chi connectivity index (χ1) is 5.74. The smallest absolute Gasteiger partial charge is 0.291 e. The molecule has 1 aromatic heterocycles. The van der Waals surface area contributed by atoms with E-state index in [2.05, 4.69) is 11.2 Å². The van der Waals surface area contributed by atoms with Crippen molar-refractivity contribution in [2.24, 2.45) is 0 Å². The van der Waals surface area contributed by atoms with Gasteiger partial charge in [-0.3, -0.25) is 10.1 Å². The van der Waals surface area contributed by atoms with Crippen LogP contribution in [0.25, 0.3) is 0 Å². The molecule has 0 aromatic carbocycles. The zero-order valence-corrected chi connectivity index (χ0v) is 6.48. The van der Waals surface area contributed by atoms with Gasteiger partial charge in [0.1, 0.15) is 12.4 Å². The first-order valence-electron chi connectivity index (χ1n) is 3.39. The van der Waals surface area contributed by atoms with Crippen molar-refractivity contribution in [2.75, 3.05) is 6.61 Å². The van der Waals surface area contributed by atoms with Gasteiger partial charge in [-0.2, -0.15) is 0 Å². The van der Waals surface area contributed by atoms with Gasteiger partial charge in [-0.15, -0.1) is 0 Å². The van der Waals surface area contributed by atoms with Crippen LogP contribution in [0.1, 0.15) is 6.92 Å². The SMILES string of the molecule is CCOc1[c]ncc([N+](=O)[O-])c1. The van der Waals surface area contributed by atoms with Crippen LogP contribution >= 0.6 is 0 Å². The van der Waals surface area contributed by atoms with Gasteiger partial charge in [0.25, 0.3) is 5.69 Å². The first-order valence-corrected chi connectivity index (χ1v) is 3.39. The molecule has 63 valence electrons. The lowest BCUT2D eigenvalue weighted by Crippen LogP contribution is -1.94. The van der Waals surface area contributed by atoms with E-state index >= 15 is 0 Å². The average Bonchev–Trinajstić information content (AvgIpc) is 2.05. The summed E-state index contributed by atoms with van der Waals surface area (Å²) in [5.41, 5.74) is -0.0859. The molecule has 0 N–H and O–H groups in total. The van der Waals surface area contributed by atoms with Gasteiger partial charge >= 0.3 is 0 Å². The molecule has 1 rings (SSSR count). The third-order valence-corrected chi connectivity index (χ3v) is 1.16. The summed E-state index contributed by atoms with van der Waals surface area (Å²) >= 11 is 0. The van der Waals surface area contributed by atoms with Crippen molar-refractivity contribution in [2.45, 2.75) is 6.92 Å². The maximum Gasteiger partial charge on any atom is 0.291 e. The fourth-order valence-electron chi connectivity index (χ4n) is 0.695. The molecule has 0 amide bonds. The largest absolute Gasteiger partial charge is 0.491 e. The Kier molecular flexibility index (Phi) is 2.57. The number of hydrogen-bond acceptors (Lipinski definition) is 4. The summed E-state index contributed by atoms with van der Waals surface area (Å²) in [7, 11) is 0. The van der Waals surface area contributed by atoms with E-state index in [4.69, 9.17) is 4.74 Å². The van der Waals surface area contributed by atoms with Gasteiger partial charge < -0.3 is 4.74 Å². The van der Waals surface area contributed by atoms with Gasteiger partial charge in [-0.05, 0) is 6.92 Å². The summed E-state index contributed by atoms with van der Waals surface area (Å²) in [5, 5.41) is 10.3. The van der Waals surface area contributed by atoms with Crippen LogP contribution in [-0.2, 0) is 0 Å². The molecule has 0 fully saturated rings. The quantitative estimate of drug-likeness (QED) is 0.501. The number of aromatic nitrogens is 1. The summed E-state index contributed by atoms with van der Waals surface area (Å²) in [6.07, 6.45) is 3.62. The van der Waals surface area contributed by atoms with E-state index in [1.54, 1.807) is 6.92 Å². The van der Waals surface area contributed by atoms with Crippen LogP contribution in [0.4, 0.5) is 5.69 Å². The molecule has 0 spiro atoms. The van der Waals surface area contributed by atoms with Gasteiger partial charge in [0, 0.05) is 0 Å². The lowest BCUT2D eigenvalue weighted by Gasteiger charge is -1.99. The highest BCUT2D eigenvalue weighted by molar-refractivity contribution is 5.32. The van der Waals surface area contributed by atoms with Gasteiger partial charge in [-0.25, -0.2) is 4.98 Å². The van der Waals surface area contributed by atoms with Gasteiger partial charge in [-0.1, -0.05) is 0 Å². The molecule has 0 saturated heterocycles. The number of pyridine rings is 1. The van der Waals surface area contributed by atoms with Gasteiger partial charge in [0.15, 0.2) is 5.75 Å². The minimum Gasteiger partial charge on any atom is -0.491 e. The highest BCUT2D eigenvalue weighted by Crippen LogP contribution is 2.15. The van der Waals surface area contributed by atoms with Crippen molar-refractivity contribution in [3.05, 3.63) is 28.6 Å². The second-order valence-electron chi connectivity index (χ2n) is 1.99. The Labute approximate surface area is 69.1 Å². The Balaban J connectivity index is 2.88. The van der Waals surface area contributed by atoms with Crippen molar-refractivity contribution < 1.29 is 9.66 Å². The molecule has 0 saturated carbocycles. The van der Waals surface area contributed by atoms with Crippen molar-refractivity contribution in [3.63, 3.8) is 0 Å². The Morgan fingerprint density at radius 3 is 3.17 bits per heavy atom. The van der Waals surface area contributed by atoms with Crippen LogP contribution in [0, 0.1) is 16.3 Å². The van der Waals surface area contributed by atoms with E-state index in [1.807, 2.05) is 0 Å². The van der Waals surface area contributed by atoms with Crippen molar-refractivity contribution in [3.8, 4) is 5.75 Å². The van der Waals surface area contributed by atoms with Crippen LogP contribution < -0.4 is 4.74 Å². The molecule has 5 nitrogen and oxygen atoms in total. The zero-order chi connectivity index (χ0) is 8.97. The molecule has 5 heteroatoms. The van der Waals surface area contributed by atoms with E-state index in [1.165, 1.54) is 6.07 Å². The van der Waals surface area contributed by atoms with Crippen LogP contribution in [0.3, 0.4) is 0 Å². The second kappa shape index (κ2) is 3.66. The molecule has 0 unspecified atom stereocenters. The standard InChI is InChI=1S/C7H7N2O3/c1-2-12-7-3-6(9(10)11)4-8-5-7/h3-4H,2H2,1H3. The van der Waals surface area contributed by atoms with Crippen LogP contribution in [-0.4, -0.2) is 16.5 Å². The highest BCUT2D eigenvalue weighted by Gasteiger charge is 2.06. The Hall–Kier alpha value is -1.65. The molecular weight excluding hydrogens is 160 g/mol. The molecular formula is C7H7N2O3.